The quantitative estimate of drug-likeness (QED) is 0.365. The molecule has 0 atom stereocenters. The van der Waals surface area contributed by atoms with E-state index in [1.165, 1.54) is 38.5 Å². The Morgan fingerprint density at radius 3 is 2.21 bits per heavy atom. The van der Waals surface area contributed by atoms with Gasteiger partial charge >= 0.3 is 5.97 Å². The highest BCUT2D eigenvalue weighted by atomic mass is 32.1. The van der Waals surface area contributed by atoms with Crippen LogP contribution in [0, 0.1) is 0 Å². The third-order valence-electron chi connectivity index (χ3n) is 2.14. The van der Waals surface area contributed by atoms with Crippen molar-refractivity contribution < 1.29 is 9.53 Å². The minimum atomic E-state index is -0.209. The first-order chi connectivity index (χ1) is 6.81. The molecule has 0 bridgehead atoms. The monoisotopic (exact) mass is 218 g/mol. The molecule has 0 rings (SSSR count). The van der Waals surface area contributed by atoms with Crippen LogP contribution < -0.4 is 0 Å². The number of hydrogen-bond donors (Lipinski definition) is 1. The summed E-state index contributed by atoms with van der Waals surface area (Å²) in [5.74, 6) is -0.0180. The molecule has 0 aliphatic heterocycles. The lowest BCUT2D eigenvalue weighted by Crippen LogP contribution is -2.06. The van der Waals surface area contributed by atoms with Gasteiger partial charge in [0.2, 0.25) is 0 Å². The van der Waals surface area contributed by atoms with Crippen molar-refractivity contribution in [1.82, 2.24) is 0 Å². The fourth-order valence-corrected chi connectivity index (χ4v) is 1.38. The van der Waals surface area contributed by atoms with E-state index >= 15 is 0 Å². The second kappa shape index (κ2) is 10.9. The Labute approximate surface area is 92.8 Å². The molecule has 84 valence electrons. The Balaban J connectivity index is 2.95. The number of rotatable bonds is 9. The van der Waals surface area contributed by atoms with Crippen LogP contribution in [0.3, 0.4) is 0 Å². The summed E-state index contributed by atoms with van der Waals surface area (Å²) in [6.45, 7) is 2.78. The van der Waals surface area contributed by atoms with Gasteiger partial charge in [0, 0.05) is 0 Å². The summed E-state index contributed by atoms with van der Waals surface area (Å²) in [6.07, 6.45) is 8.71. The second-order valence-electron chi connectivity index (χ2n) is 3.50. The van der Waals surface area contributed by atoms with Crippen LogP contribution in [0.2, 0.25) is 0 Å². The van der Waals surface area contributed by atoms with Crippen molar-refractivity contribution in [3.63, 3.8) is 0 Å². The van der Waals surface area contributed by atoms with E-state index in [1.807, 2.05) is 0 Å². The van der Waals surface area contributed by atoms with Crippen LogP contribution in [0.4, 0.5) is 0 Å². The maximum Gasteiger partial charge on any atom is 0.315 e. The van der Waals surface area contributed by atoms with Crippen molar-refractivity contribution in [2.45, 2.75) is 51.9 Å². The molecular formula is C11H22O2S. The summed E-state index contributed by atoms with van der Waals surface area (Å²) in [7, 11) is 0. The van der Waals surface area contributed by atoms with Crippen LogP contribution in [0.15, 0.2) is 0 Å². The zero-order valence-corrected chi connectivity index (χ0v) is 10.0. The lowest BCUT2D eigenvalue weighted by atomic mass is 10.1. The van der Waals surface area contributed by atoms with Crippen molar-refractivity contribution in [3.8, 4) is 0 Å². The Kier molecular flexibility index (Phi) is 10.8. The van der Waals surface area contributed by atoms with Crippen LogP contribution in [0.5, 0.6) is 0 Å². The number of thiol groups is 1. The molecule has 0 amide bonds. The summed E-state index contributed by atoms with van der Waals surface area (Å²) in [6, 6.07) is 0. The van der Waals surface area contributed by atoms with E-state index in [4.69, 9.17) is 4.74 Å². The van der Waals surface area contributed by atoms with Crippen molar-refractivity contribution in [1.29, 1.82) is 0 Å². The van der Waals surface area contributed by atoms with E-state index in [2.05, 4.69) is 19.6 Å². The smallest absolute Gasteiger partial charge is 0.315 e. The fraction of sp³-hybridized carbons (Fsp3) is 0.909. The number of unbranched alkanes of at least 4 members (excludes halogenated alkanes) is 6. The molecule has 0 aliphatic rings. The molecule has 0 radical (unpaired) electrons. The van der Waals surface area contributed by atoms with E-state index in [1.54, 1.807) is 0 Å². The number of ether oxygens (including phenoxy) is 1. The van der Waals surface area contributed by atoms with Gasteiger partial charge in [-0.2, -0.15) is 12.6 Å². The van der Waals surface area contributed by atoms with Gasteiger partial charge in [-0.15, -0.1) is 0 Å². The van der Waals surface area contributed by atoms with Crippen LogP contribution in [-0.4, -0.2) is 18.3 Å². The van der Waals surface area contributed by atoms with Crippen molar-refractivity contribution >= 4 is 18.6 Å². The van der Waals surface area contributed by atoms with Crippen LogP contribution in [0.25, 0.3) is 0 Å². The second-order valence-corrected chi connectivity index (χ2v) is 3.82. The minimum Gasteiger partial charge on any atom is -0.465 e. The summed E-state index contributed by atoms with van der Waals surface area (Å²) >= 11 is 3.82. The summed E-state index contributed by atoms with van der Waals surface area (Å²) in [5, 5.41) is 0. The van der Waals surface area contributed by atoms with Crippen LogP contribution in [0.1, 0.15) is 51.9 Å². The molecular weight excluding hydrogens is 196 g/mol. The Morgan fingerprint density at radius 1 is 1.07 bits per heavy atom. The normalized spacial score (nSPS) is 10.1. The van der Waals surface area contributed by atoms with E-state index in [9.17, 15) is 4.79 Å². The molecule has 0 fully saturated rings. The average molecular weight is 218 g/mol. The molecule has 2 nitrogen and oxygen atoms in total. The zero-order valence-electron chi connectivity index (χ0n) is 9.13. The molecule has 0 N–H and O–H groups in total. The topological polar surface area (TPSA) is 26.3 Å². The summed E-state index contributed by atoms with van der Waals surface area (Å²) < 4.78 is 4.90. The van der Waals surface area contributed by atoms with Gasteiger partial charge in [-0.05, 0) is 6.42 Å². The lowest BCUT2D eigenvalue weighted by molar-refractivity contribution is -0.140. The first kappa shape index (κ1) is 13.8. The van der Waals surface area contributed by atoms with Crippen LogP contribution >= 0.6 is 12.6 Å². The number of carbonyl (C=O) groups excluding carboxylic acids is 1. The molecule has 0 aromatic carbocycles. The van der Waals surface area contributed by atoms with Gasteiger partial charge in [0.1, 0.15) is 0 Å². The molecule has 0 saturated carbocycles. The molecule has 0 aliphatic carbocycles. The SMILES string of the molecule is CCCCCCCCCOC(=O)CS. The van der Waals surface area contributed by atoms with Gasteiger partial charge in [0.15, 0.2) is 0 Å². The number of esters is 1. The van der Waals surface area contributed by atoms with Crippen molar-refractivity contribution in [2.24, 2.45) is 0 Å². The molecule has 0 heterocycles. The summed E-state index contributed by atoms with van der Waals surface area (Å²) in [5.41, 5.74) is 0. The first-order valence-corrected chi connectivity index (χ1v) is 6.21. The first-order valence-electron chi connectivity index (χ1n) is 5.57. The number of hydrogen-bond acceptors (Lipinski definition) is 3. The van der Waals surface area contributed by atoms with Crippen molar-refractivity contribution in [3.05, 3.63) is 0 Å². The Bertz CT molecular complexity index is 137. The molecule has 0 unspecified atom stereocenters. The van der Waals surface area contributed by atoms with E-state index in [0.717, 1.165) is 6.42 Å². The fourth-order valence-electron chi connectivity index (χ4n) is 1.29. The van der Waals surface area contributed by atoms with E-state index in [0.29, 0.717) is 6.61 Å². The molecule has 0 aromatic rings. The van der Waals surface area contributed by atoms with Gasteiger partial charge in [-0.25, -0.2) is 0 Å². The highest BCUT2D eigenvalue weighted by Crippen LogP contribution is 2.06. The van der Waals surface area contributed by atoms with Gasteiger partial charge in [-0.3, -0.25) is 4.79 Å². The van der Waals surface area contributed by atoms with Gasteiger partial charge < -0.3 is 4.74 Å². The highest BCUT2D eigenvalue weighted by Gasteiger charge is 1.97. The lowest BCUT2D eigenvalue weighted by Gasteiger charge is -2.02. The highest BCUT2D eigenvalue weighted by molar-refractivity contribution is 7.81. The average Bonchev–Trinajstić information content (AvgIpc) is 2.21. The Hall–Kier alpha value is -0.180. The zero-order chi connectivity index (χ0) is 10.6. The van der Waals surface area contributed by atoms with E-state index in [-0.39, 0.29) is 11.7 Å². The molecule has 0 saturated heterocycles. The van der Waals surface area contributed by atoms with Gasteiger partial charge in [0.05, 0.1) is 12.4 Å². The maximum atomic E-state index is 10.7. The predicted molar refractivity (Wildman–Crippen MR) is 62.8 cm³/mol. The maximum absolute atomic E-state index is 10.7. The standard InChI is InChI=1S/C11H22O2S/c1-2-3-4-5-6-7-8-9-13-11(12)10-14/h14H,2-10H2,1H3. The Morgan fingerprint density at radius 2 is 1.64 bits per heavy atom. The molecule has 3 heteroatoms. The molecule has 14 heavy (non-hydrogen) atoms. The summed E-state index contributed by atoms with van der Waals surface area (Å²) in [4.78, 5) is 10.7. The third kappa shape index (κ3) is 9.90. The van der Waals surface area contributed by atoms with Gasteiger partial charge in [-0.1, -0.05) is 45.4 Å². The van der Waals surface area contributed by atoms with Crippen molar-refractivity contribution in [2.75, 3.05) is 12.4 Å². The predicted octanol–water partition coefficient (Wildman–Crippen LogP) is 3.21. The largest absolute Gasteiger partial charge is 0.465 e. The van der Waals surface area contributed by atoms with Gasteiger partial charge in [0.25, 0.3) is 0 Å². The number of carbonyl (C=O) groups is 1. The molecule has 0 spiro atoms. The van der Waals surface area contributed by atoms with E-state index < -0.39 is 0 Å². The third-order valence-corrected chi connectivity index (χ3v) is 2.40. The minimum absolute atomic E-state index is 0.191. The molecule has 0 aromatic heterocycles. The van der Waals surface area contributed by atoms with Crippen LogP contribution in [-0.2, 0) is 9.53 Å².